The molecule has 0 radical (unpaired) electrons. The van der Waals surface area contributed by atoms with Gasteiger partial charge in [-0.15, -0.1) is 0 Å². The fourth-order valence-corrected chi connectivity index (χ4v) is 3.48. The molecule has 1 aliphatic heterocycles. The molecule has 0 saturated carbocycles. The maximum atomic E-state index is 12.0. The predicted molar refractivity (Wildman–Crippen MR) is 84.0 cm³/mol. The normalized spacial score (nSPS) is 18.4. The Hall–Kier alpha value is -1.49. The van der Waals surface area contributed by atoms with E-state index in [2.05, 4.69) is 10.6 Å². The zero-order valence-electron chi connectivity index (χ0n) is 11.6. The van der Waals surface area contributed by atoms with Crippen molar-refractivity contribution in [2.45, 2.75) is 26.2 Å². The van der Waals surface area contributed by atoms with Gasteiger partial charge in [0.15, 0.2) is 0 Å². The van der Waals surface area contributed by atoms with Crippen molar-refractivity contribution in [1.82, 2.24) is 0 Å². The second kappa shape index (κ2) is 7.33. The molecule has 20 heavy (non-hydrogen) atoms. The van der Waals surface area contributed by atoms with Gasteiger partial charge in [-0.3, -0.25) is 9.59 Å². The lowest BCUT2D eigenvalue weighted by Crippen LogP contribution is -2.20. The van der Waals surface area contributed by atoms with Crippen molar-refractivity contribution in [3.8, 4) is 0 Å². The van der Waals surface area contributed by atoms with Gasteiger partial charge in [0.25, 0.3) is 0 Å². The highest BCUT2D eigenvalue weighted by atomic mass is 32.2. The van der Waals surface area contributed by atoms with E-state index in [1.807, 2.05) is 23.9 Å². The van der Waals surface area contributed by atoms with Crippen LogP contribution < -0.4 is 10.6 Å². The van der Waals surface area contributed by atoms with E-state index in [9.17, 15) is 9.59 Å². The average molecular weight is 292 g/mol. The monoisotopic (exact) mass is 292 g/mol. The van der Waals surface area contributed by atoms with Gasteiger partial charge in [0.1, 0.15) is 0 Å². The van der Waals surface area contributed by atoms with E-state index >= 15 is 0 Å². The van der Waals surface area contributed by atoms with Gasteiger partial charge in [0.05, 0.1) is 0 Å². The number of carbonyl (C=O) groups is 2. The van der Waals surface area contributed by atoms with E-state index in [4.69, 9.17) is 0 Å². The molecule has 1 saturated heterocycles. The van der Waals surface area contributed by atoms with Crippen molar-refractivity contribution in [2.75, 3.05) is 22.1 Å². The number of benzene rings is 1. The van der Waals surface area contributed by atoms with Crippen LogP contribution in [0.4, 0.5) is 11.4 Å². The van der Waals surface area contributed by atoms with Crippen molar-refractivity contribution >= 4 is 35.0 Å². The average Bonchev–Trinajstić information content (AvgIpc) is 2.39. The summed E-state index contributed by atoms with van der Waals surface area (Å²) in [7, 11) is 0. The van der Waals surface area contributed by atoms with Gasteiger partial charge >= 0.3 is 0 Å². The molecule has 1 atom stereocenters. The molecule has 108 valence electrons. The van der Waals surface area contributed by atoms with Crippen molar-refractivity contribution in [3.05, 3.63) is 24.3 Å². The number of anilines is 2. The Morgan fingerprint density at radius 2 is 2.05 bits per heavy atom. The molecule has 1 heterocycles. The molecule has 0 bridgehead atoms. The molecule has 2 amide bonds. The lowest BCUT2D eigenvalue weighted by atomic mass is 10.0. The molecule has 0 aliphatic carbocycles. The molecule has 4 nitrogen and oxygen atoms in total. The van der Waals surface area contributed by atoms with E-state index < -0.39 is 0 Å². The topological polar surface area (TPSA) is 58.2 Å². The Morgan fingerprint density at radius 1 is 1.30 bits per heavy atom. The van der Waals surface area contributed by atoms with Crippen LogP contribution in [0.2, 0.25) is 0 Å². The molecule has 0 aromatic heterocycles. The highest BCUT2D eigenvalue weighted by Gasteiger charge is 2.17. The molecular formula is C15H20N2O2S. The summed E-state index contributed by atoms with van der Waals surface area (Å²) in [5, 5.41) is 5.61. The first-order chi connectivity index (χ1) is 9.63. The Kier molecular flexibility index (Phi) is 5.47. The van der Waals surface area contributed by atoms with Crippen LogP contribution in [0.15, 0.2) is 24.3 Å². The third-order valence-corrected chi connectivity index (χ3v) is 4.48. The fourth-order valence-electron chi connectivity index (χ4n) is 2.32. The first kappa shape index (κ1) is 14.9. The zero-order chi connectivity index (χ0) is 14.4. The lowest BCUT2D eigenvalue weighted by Gasteiger charge is -2.20. The maximum Gasteiger partial charge on any atom is 0.224 e. The van der Waals surface area contributed by atoms with Gasteiger partial charge < -0.3 is 10.6 Å². The minimum absolute atomic E-state index is 0.0532. The van der Waals surface area contributed by atoms with Gasteiger partial charge in [0, 0.05) is 24.7 Å². The number of carbonyl (C=O) groups excluding carboxylic acids is 2. The van der Waals surface area contributed by atoms with Crippen LogP contribution in [-0.4, -0.2) is 23.3 Å². The minimum atomic E-state index is -0.118. The van der Waals surface area contributed by atoms with E-state index in [0.29, 0.717) is 18.0 Å². The van der Waals surface area contributed by atoms with Crippen LogP contribution in [-0.2, 0) is 9.59 Å². The summed E-state index contributed by atoms with van der Waals surface area (Å²) in [6.45, 7) is 1.46. The SMILES string of the molecule is CC(=O)Nc1cccc(NC(=O)CC2CCCSC2)c1. The molecule has 1 aromatic carbocycles. The van der Waals surface area contributed by atoms with Gasteiger partial charge in [-0.1, -0.05) is 6.07 Å². The summed E-state index contributed by atoms with van der Waals surface area (Å²) in [5.74, 6) is 2.73. The van der Waals surface area contributed by atoms with Gasteiger partial charge in [-0.05, 0) is 48.5 Å². The van der Waals surface area contributed by atoms with Gasteiger partial charge in [0.2, 0.25) is 11.8 Å². The largest absolute Gasteiger partial charge is 0.326 e. The summed E-state index contributed by atoms with van der Waals surface area (Å²) >= 11 is 1.93. The van der Waals surface area contributed by atoms with E-state index in [1.54, 1.807) is 12.1 Å². The zero-order valence-corrected chi connectivity index (χ0v) is 12.5. The van der Waals surface area contributed by atoms with Crippen molar-refractivity contribution in [2.24, 2.45) is 5.92 Å². The summed E-state index contributed by atoms with van der Waals surface area (Å²) in [4.78, 5) is 23.0. The van der Waals surface area contributed by atoms with Crippen molar-refractivity contribution in [1.29, 1.82) is 0 Å². The summed E-state index contributed by atoms with van der Waals surface area (Å²) in [6.07, 6.45) is 2.93. The second-order valence-corrected chi connectivity index (χ2v) is 6.25. The molecule has 1 aliphatic rings. The Labute approximate surface area is 123 Å². The second-order valence-electron chi connectivity index (χ2n) is 5.10. The van der Waals surface area contributed by atoms with Crippen LogP contribution in [0, 0.1) is 5.92 Å². The number of hydrogen-bond donors (Lipinski definition) is 2. The summed E-state index contributed by atoms with van der Waals surface area (Å²) in [5.41, 5.74) is 1.42. The van der Waals surface area contributed by atoms with Crippen LogP contribution in [0.1, 0.15) is 26.2 Å². The van der Waals surface area contributed by atoms with Crippen LogP contribution in [0.3, 0.4) is 0 Å². The smallest absolute Gasteiger partial charge is 0.224 e. The van der Waals surface area contributed by atoms with Crippen molar-refractivity contribution in [3.63, 3.8) is 0 Å². The summed E-state index contributed by atoms with van der Waals surface area (Å²) in [6, 6.07) is 7.22. The quantitative estimate of drug-likeness (QED) is 0.896. The Balaban J connectivity index is 1.88. The molecular weight excluding hydrogens is 272 g/mol. The third-order valence-electron chi connectivity index (χ3n) is 3.20. The number of nitrogens with one attached hydrogen (secondary N) is 2. The van der Waals surface area contributed by atoms with E-state index in [1.165, 1.54) is 19.1 Å². The predicted octanol–water partition coefficient (Wildman–Crippen LogP) is 3.12. The fraction of sp³-hybridized carbons (Fsp3) is 0.467. The number of hydrogen-bond acceptors (Lipinski definition) is 3. The molecule has 1 unspecified atom stereocenters. The van der Waals surface area contributed by atoms with Gasteiger partial charge in [-0.2, -0.15) is 11.8 Å². The maximum absolute atomic E-state index is 12.0. The highest BCUT2D eigenvalue weighted by molar-refractivity contribution is 7.99. The Morgan fingerprint density at radius 3 is 2.70 bits per heavy atom. The van der Waals surface area contributed by atoms with E-state index in [0.717, 1.165) is 17.9 Å². The summed E-state index contributed by atoms with van der Waals surface area (Å²) < 4.78 is 0. The minimum Gasteiger partial charge on any atom is -0.326 e. The van der Waals surface area contributed by atoms with Crippen LogP contribution >= 0.6 is 11.8 Å². The molecule has 2 N–H and O–H groups in total. The molecule has 5 heteroatoms. The number of thioether (sulfide) groups is 1. The first-order valence-corrected chi connectivity index (χ1v) is 8.04. The molecule has 1 fully saturated rings. The lowest BCUT2D eigenvalue weighted by molar-refractivity contribution is -0.117. The highest BCUT2D eigenvalue weighted by Crippen LogP contribution is 2.25. The number of amides is 2. The molecule has 2 rings (SSSR count). The van der Waals surface area contributed by atoms with Crippen LogP contribution in [0.25, 0.3) is 0 Å². The standard InChI is InChI=1S/C15H20N2O2S/c1-11(18)16-13-5-2-6-14(9-13)17-15(19)8-12-4-3-7-20-10-12/h2,5-6,9,12H,3-4,7-8,10H2,1H3,(H,16,18)(H,17,19). The van der Waals surface area contributed by atoms with Gasteiger partial charge in [-0.25, -0.2) is 0 Å². The number of rotatable bonds is 4. The molecule has 1 aromatic rings. The third kappa shape index (κ3) is 4.89. The Bertz CT molecular complexity index is 485. The van der Waals surface area contributed by atoms with E-state index in [-0.39, 0.29) is 11.8 Å². The van der Waals surface area contributed by atoms with Crippen molar-refractivity contribution < 1.29 is 9.59 Å². The van der Waals surface area contributed by atoms with Crippen LogP contribution in [0.5, 0.6) is 0 Å². The molecule has 0 spiro atoms. The first-order valence-electron chi connectivity index (χ1n) is 6.89.